The maximum atomic E-state index is 11.1. The Kier molecular flexibility index (Phi) is 4.38. The van der Waals surface area contributed by atoms with E-state index in [4.69, 9.17) is 11.0 Å². The van der Waals surface area contributed by atoms with Crippen LogP contribution in [0.1, 0.15) is 31.2 Å². The molecule has 0 atom stereocenters. The van der Waals surface area contributed by atoms with Crippen molar-refractivity contribution in [1.82, 2.24) is 0 Å². The summed E-state index contributed by atoms with van der Waals surface area (Å²) in [5, 5.41) is 23.0. The van der Waals surface area contributed by atoms with Crippen LogP contribution in [0, 0.1) is 27.4 Å². The van der Waals surface area contributed by atoms with Crippen molar-refractivity contribution in [2.75, 3.05) is 5.32 Å². The number of anilines is 1. The first kappa shape index (κ1) is 14.8. The Morgan fingerprint density at radius 1 is 1.38 bits per heavy atom. The lowest BCUT2D eigenvalue weighted by Crippen LogP contribution is -2.32. The lowest BCUT2D eigenvalue weighted by Gasteiger charge is -2.28. The minimum atomic E-state index is -0.474. The summed E-state index contributed by atoms with van der Waals surface area (Å²) in [5.74, 6) is -0.394. The van der Waals surface area contributed by atoms with Crippen LogP contribution in [-0.2, 0) is 4.79 Å². The Morgan fingerprint density at radius 2 is 2.05 bits per heavy atom. The number of nitrogens with zero attached hydrogens (tertiary/aromatic N) is 2. The van der Waals surface area contributed by atoms with Crippen molar-refractivity contribution < 1.29 is 9.72 Å². The molecule has 0 bridgehead atoms. The van der Waals surface area contributed by atoms with E-state index in [2.05, 4.69) is 5.32 Å². The van der Waals surface area contributed by atoms with Gasteiger partial charge in [0.15, 0.2) is 0 Å². The molecular weight excluding hydrogens is 272 g/mol. The summed E-state index contributed by atoms with van der Waals surface area (Å²) in [4.78, 5) is 21.7. The van der Waals surface area contributed by atoms with Crippen molar-refractivity contribution in [3.63, 3.8) is 0 Å². The summed E-state index contributed by atoms with van der Waals surface area (Å²) < 4.78 is 0. The molecule has 1 aromatic carbocycles. The van der Waals surface area contributed by atoms with Gasteiger partial charge in [-0.05, 0) is 37.8 Å². The maximum absolute atomic E-state index is 11.1. The van der Waals surface area contributed by atoms with E-state index in [0.29, 0.717) is 24.1 Å². The van der Waals surface area contributed by atoms with Crippen LogP contribution in [0.3, 0.4) is 0 Å². The molecule has 0 saturated heterocycles. The predicted octanol–water partition coefficient (Wildman–Crippen LogP) is 1.92. The van der Waals surface area contributed by atoms with Crippen molar-refractivity contribution in [3.8, 4) is 6.07 Å². The van der Waals surface area contributed by atoms with E-state index >= 15 is 0 Å². The average molecular weight is 288 g/mol. The van der Waals surface area contributed by atoms with E-state index in [-0.39, 0.29) is 23.6 Å². The van der Waals surface area contributed by atoms with E-state index in [1.807, 2.05) is 6.07 Å². The van der Waals surface area contributed by atoms with Crippen molar-refractivity contribution in [2.24, 2.45) is 11.7 Å². The van der Waals surface area contributed by atoms with Gasteiger partial charge in [-0.3, -0.25) is 14.9 Å². The normalized spacial score (nSPS) is 21.3. The number of hydrogen-bond donors (Lipinski definition) is 2. The highest BCUT2D eigenvalue weighted by atomic mass is 16.6. The quantitative estimate of drug-likeness (QED) is 0.647. The molecule has 1 aromatic rings. The van der Waals surface area contributed by atoms with Gasteiger partial charge in [0.25, 0.3) is 5.69 Å². The molecule has 0 spiro atoms. The molecular formula is C14H16N4O3. The van der Waals surface area contributed by atoms with Gasteiger partial charge >= 0.3 is 0 Å². The highest BCUT2D eigenvalue weighted by molar-refractivity contribution is 5.76. The lowest BCUT2D eigenvalue weighted by molar-refractivity contribution is -0.384. The lowest BCUT2D eigenvalue weighted by atomic mass is 9.85. The molecule has 110 valence electrons. The zero-order chi connectivity index (χ0) is 15.4. The van der Waals surface area contributed by atoms with Crippen molar-refractivity contribution in [1.29, 1.82) is 5.26 Å². The highest BCUT2D eigenvalue weighted by Gasteiger charge is 2.26. The van der Waals surface area contributed by atoms with E-state index < -0.39 is 4.92 Å². The molecule has 1 fully saturated rings. The zero-order valence-corrected chi connectivity index (χ0v) is 11.4. The molecule has 0 aliphatic heterocycles. The Morgan fingerprint density at radius 3 is 2.57 bits per heavy atom. The molecule has 1 saturated carbocycles. The van der Waals surface area contributed by atoms with E-state index in [0.717, 1.165) is 12.8 Å². The number of nitrogens with one attached hydrogen (secondary N) is 1. The van der Waals surface area contributed by atoms with Crippen molar-refractivity contribution in [2.45, 2.75) is 31.7 Å². The summed E-state index contributed by atoms with van der Waals surface area (Å²) >= 11 is 0. The minimum Gasteiger partial charge on any atom is -0.377 e. The molecule has 7 heteroatoms. The Hall–Kier alpha value is -2.62. The second kappa shape index (κ2) is 6.22. The Balaban J connectivity index is 2.11. The van der Waals surface area contributed by atoms with Crippen LogP contribution in [0.15, 0.2) is 18.2 Å². The summed E-state index contributed by atoms with van der Waals surface area (Å²) in [5.41, 5.74) is 5.95. The average Bonchev–Trinajstić information content (AvgIpc) is 2.47. The smallest absolute Gasteiger partial charge is 0.292 e. The summed E-state index contributed by atoms with van der Waals surface area (Å²) in [6.45, 7) is 0. The molecule has 21 heavy (non-hydrogen) atoms. The van der Waals surface area contributed by atoms with Crippen LogP contribution in [0.25, 0.3) is 0 Å². The molecule has 0 heterocycles. The third-order valence-electron chi connectivity index (χ3n) is 3.81. The van der Waals surface area contributed by atoms with Gasteiger partial charge in [0.1, 0.15) is 5.69 Å². The number of nitro benzene ring substituents is 1. The third-order valence-corrected chi connectivity index (χ3v) is 3.81. The van der Waals surface area contributed by atoms with Crippen LogP contribution in [-0.4, -0.2) is 16.9 Å². The number of nitrogens with two attached hydrogens (primary N) is 1. The van der Waals surface area contributed by atoms with Crippen LogP contribution in [0.2, 0.25) is 0 Å². The fourth-order valence-electron chi connectivity index (χ4n) is 2.62. The van der Waals surface area contributed by atoms with Crippen LogP contribution >= 0.6 is 0 Å². The first-order valence-electron chi connectivity index (χ1n) is 6.75. The number of primary amides is 1. The van der Waals surface area contributed by atoms with E-state index in [1.165, 1.54) is 18.2 Å². The molecule has 7 nitrogen and oxygen atoms in total. The van der Waals surface area contributed by atoms with E-state index in [9.17, 15) is 14.9 Å². The highest BCUT2D eigenvalue weighted by Crippen LogP contribution is 2.30. The van der Waals surface area contributed by atoms with Gasteiger partial charge in [-0.1, -0.05) is 0 Å². The summed E-state index contributed by atoms with van der Waals surface area (Å²) in [7, 11) is 0. The number of rotatable bonds is 4. The summed E-state index contributed by atoms with van der Waals surface area (Å²) in [6.07, 6.45) is 2.81. The van der Waals surface area contributed by atoms with Gasteiger partial charge < -0.3 is 11.1 Å². The number of carbonyl (C=O) groups is 1. The zero-order valence-electron chi connectivity index (χ0n) is 11.4. The minimum absolute atomic E-state index is 0.0493. The van der Waals surface area contributed by atoms with E-state index in [1.54, 1.807) is 0 Å². The van der Waals surface area contributed by atoms with Crippen LogP contribution in [0.5, 0.6) is 0 Å². The van der Waals surface area contributed by atoms with Crippen molar-refractivity contribution in [3.05, 3.63) is 33.9 Å². The molecule has 0 unspecified atom stereocenters. The fraction of sp³-hybridized carbons (Fsp3) is 0.429. The Labute approximate surface area is 121 Å². The fourth-order valence-corrected chi connectivity index (χ4v) is 2.62. The van der Waals surface area contributed by atoms with Gasteiger partial charge in [0.2, 0.25) is 5.91 Å². The first-order valence-corrected chi connectivity index (χ1v) is 6.75. The van der Waals surface area contributed by atoms with Crippen LogP contribution < -0.4 is 11.1 Å². The third kappa shape index (κ3) is 3.48. The SMILES string of the molecule is N#Cc1ccc([N+](=O)[O-])c(NC2CCC(C(N)=O)CC2)c1. The Bertz CT molecular complexity index is 601. The largest absolute Gasteiger partial charge is 0.377 e. The number of carbonyl (C=O) groups excluding carboxylic acids is 1. The number of nitro groups is 1. The van der Waals surface area contributed by atoms with Crippen molar-refractivity contribution >= 4 is 17.3 Å². The molecule has 0 aromatic heterocycles. The monoisotopic (exact) mass is 288 g/mol. The molecule has 1 amide bonds. The van der Waals surface area contributed by atoms with Gasteiger partial charge in [0, 0.05) is 18.0 Å². The maximum Gasteiger partial charge on any atom is 0.292 e. The first-order chi connectivity index (χ1) is 10.0. The van der Waals surface area contributed by atoms with Gasteiger partial charge in [0.05, 0.1) is 16.6 Å². The number of benzene rings is 1. The number of hydrogen-bond acceptors (Lipinski definition) is 5. The number of nitriles is 1. The second-order valence-electron chi connectivity index (χ2n) is 5.20. The topological polar surface area (TPSA) is 122 Å². The van der Waals surface area contributed by atoms with Gasteiger partial charge in [-0.25, -0.2) is 0 Å². The van der Waals surface area contributed by atoms with Crippen LogP contribution in [0.4, 0.5) is 11.4 Å². The molecule has 1 aliphatic rings. The number of amides is 1. The predicted molar refractivity (Wildman–Crippen MR) is 76.4 cm³/mol. The second-order valence-corrected chi connectivity index (χ2v) is 5.20. The molecule has 1 aliphatic carbocycles. The standard InChI is InChI=1S/C14H16N4O3/c15-8-9-1-6-13(18(20)21)12(7-9)17-11-4-2-10(3-5-11)14(16)19/h1,6-7,10-11,17H,2-5H2,(H2,16,19). The van der Waals surface area contributed by atoms with Gasteiger partial charge in [-0.15, -0.1) is 0 Å². The molecule has 0 radical (unpaired) electrons. The van der Waals surface area contributed by atoms with Gasteiger partial charge in [-0.2, -0.15) is 5.26 Å². The molecule has 2 rings (SSSR count). The molecule has 3 N–H and O–H groups in total. The summed E-state index contributed by atoms with van der Waals surface area (Å²) in [6, 6.07) is 6.26.